The average molecular weight is 412 g/mol. The number of alkyl halides is 3. The van der Waals surface area contributed by atoms with Gasteiger partial charge in [0.25, 0.3) is 5.91 Å². The van der Waals surface area contributed by atoms with Crippen molar-refractivity contribution in [1.82, 2.24) is 24.4 Å². The van der Waals surface area contributed by atoms with Crippen molar-refractivity contribution in [1.29, 1.82) is 0 Å². The molecular weight excluding hydrogens is 397 g/mol. The molecule has 0 saturated heterocycles. The Morgan fingerprint density at radius 1 is 1.07 bits per heavy atom. The van der Waals surface area contributed by atoms with Crippen molar-refractivity contribution in [2.45, 2.75) is 24.9 Å². The van der Waals surface area contributed by atoms with E-state index in [1.165, 1.54) is 30.5 Å². The number of anilines is 1. The molecule has 0 radical (unpaired) electrons. The van der Waals surface area contributed by atoms with Crippen molar-refractivity contribution in [3.8, 4) is 5.69 Å². The molecule has 1 aliphatic rings. The number of aromatic nitrogens is 5. The van der Waals surface area contributed by atoms with Gasteiger partial charge in [0.15, 0.2) is 11.3 Å². The Bertz CT molecular complexity index is 1250. The summed E-state index contributed by atoms with van der Waals surface area (Å²) in [5, 5.41) is 15.1. The molecule has 5 rings (SSSR count). The Morgan fingerprint density at radius 3 is 2.63 bits per heavy atom. The highest BCUT2D eigenvalue weighted by Gasteiger charge is 2.34. The van der Waals surface area contributed by atoms with E-state index in [1.807, 2.05) is 4.40 Å². The predicted molar refractivity (Wildman–Crippen MR) is 101 cm³/mol. The lowest BCUT2D eigenvalue weighted by molar-refractivity contribution is -0.137. The van der Waals surface area contributed by atoms with Crippen molar-refractivity contribution in [3.05, 3.63) is 71.9 Å². The van der Waals surface area contributed by atoms with Gasteiger partial charge < -0.3 is 5.32 Å². The van der Waals surface area contributed by atoms with Crippen molar-refractivity contribution in [2.75, 3.05) is 5.32 Å². The Balaban J connectivity index is 1.40. The van der Waals surface area contributed by atoms with E-state index in [-0.39, 0.29) is 11.4 Å². The van der Waals surface area contributed by atoms with Gasteiger partial charge in [-0.3, -0.25) is 9.20 Å². The third-order valence-corrected chi connectivity index (χ3v) is 4.91. The third-order valence-electron chi connectivity index (χ3n) is 4.91. The van der Waals surface area contributed by atoms with E-state index >= 15 is 0 Å². The summed E-state index contributed by atoms with van der Waals surface area (Å²) in [5.74, 6) is 0.711. The number of nitrogens with one attached hydrogen (secondary N) is 1. The molecule has 0 bridgehead atoms. The molecule has 0 atom stereocenters. The molecule has 7 nitrogen and oxygen atoms in total. The molecule has 1 amide bonds. The second-order valence-electron chi connectivity index (χ2n) is 7.09. The Kier molecular flexibility index (Phi) is 4.09. The standard InChI is InChI=1S/C20H15F3N6O/c21-20(22,23)14-3-1-2-4-16(14)29-10-9-15(27-29)19(30)24-13-7-8-17-25-26-18(12-5-6-12)28(17)11-13/h1-4,7-12H,5-6H2,(H,24,30). The molecule has 1 aromatic carbocycles. The zero-order chi connectivity index (χ0) is 20.9. The number of rotatable bonds is 4. The van der Waals surface area contributed by atoms with E-state index in [9.17, 15) is 18.0 Å². The van der Waals surface area contributed by atoms with E-state index in [4.69, 9.17) is 0 Å². The van der Waals surface area contributed by atoms with Crippen LogP contribution in [0.2, 0.25) is 0 Å². The van der Waals surface area contributed by atoms with E-state index in [0.29, 0.717) is 17.3 Å². The minimum absolute atomic E-state index is 0.00162. The van der Waals surface area contributed by atoms with Crippen molar-refractivity contribution in [3.63, 3.8) is 0 Å². The first kappa shape index (κ1) is 18.3. The van der Waals surface area contributed by atoms with Gasteiger partial charge in [-0.2, -0.15) is 18.3 Å². The summed E-state index contributed by atoms with van der Waals surface area (Å²) >= 11 is 0. The summed E-state index contributed by atoms with van der Waals surface area (Å²) in [6, 6.07) is 9.87. The minimum atomic E-state index is -4.53. The average Bonchev–Trinajstić information content (AvgIpc) is 3.28. The summed E-state index contributed by atoms with van der Waals surface area (Å²) in [4.78, 5) is 12.6. The van der Waals surface area contributed by atoms with Gasteiger partial charge in [0.1, 0.15) is 5.82 Å². The van der Waals surface area contributed by atoms with Crippen LogP contribution in [0.25, 0.3) is 11.3 Å². The van der Waals surface area contributed by atoms with Crippen molar-refractivity contribution in [2.24, 2.45) is 0 Å². The maximum Gasteiger partial charge on any atom is 0.418 e. The van der Waals surface area contributed by atoms with E-state index in [1.54, 1.807) is 18.3 Å². The van der Waals surface area contributed by atoms with Gasteiger partial charge in [0, 0.05) is 18.3 Å². The summed E-state index contributed by atoms with van der Waals surface area (Å²) in [7, 11) is 0. The topological polar surface area (TPSA) is 77.1 Å². The first-order valence-electron chi connectivity index (χ1n) is 9.28. The van der Waals surface area contributed by atoms with Crippen LogP contribution in [0.1, 0.15) is 40.6 Å². The number of carbonyl (C=O) groups excluding carboxylic acids is 1. The smallest absolute Gasteiger partial charge is 0.319 e. The fourth-order valence-electron chi connectivity index (χ4n) is 3.29. The second-order valence-corrected chi connectivity index (χ2v) is 7.09. The number of benzene rings is 1. The van der Waals surface area contributed by atoms with Crippen LogP contribution in [0, 0.1) is 0 Å². The number of amides is 1. The first-order chi connectivity index (χ1) is 14.4. The lowest BCUT2D eigenvalue weighted by Gasteiger charge is -2.12. The van der Waals surface area contributed by atoms with Gasteiger partial charge in [-0.25, -0.2) is 4.68 Å². The van der Waals surface area contributed by atoms with Gasteiger partial charge >= 0.3 is 6.18 Å². The lowest BCUT2D eigenvalue weighted by atomic mass is 10.2. The molecule has 3 heterocycles. The Labute approximate surface area is 168 Å². The fourth-order valence-corrected chi connectivity index (χ4v) is 3.29. The zero-order valence-electron chi connectivity index (χ0n) is 15.5. The van der Waals surface area contributed by atoms with Crippen LogP contribution in [-0.4, -0.2) is 30.3 Å². The summed E-state index contributed by atoms with van der Waals surface area (Å²) in [6.45, 7) is 0. The summed E-state index contributed by atoms with van der Waals surface area (Å²) < 4.78 is 42.6. The molecule has 0 unspecified atom stereocenters. The SMILES string of the molecule is O=C(Nc1ccc2nnc(C3CC3)n2c1)c1ccn(-c2ccccc2C(F)(F)F)n1. The number of pyridine rings is 1. The van der Waals surface area contributed by atoms with Crippen LogP contribution in [0.15, 0.2) is 54.9 Å². The van der Waals surface area contributed by atoms with Crippen LogP contribution < -0.4 is 5.32 Å². The number of fused-ring (bicyclic) bond motifs is 1. The molecule has 1 fully saturated rings. The van der Waals surface area contributed by atoms with E-state index < -0.39 is 17.6 Å². The first-order valence-corrected chi connectivity index (χ1v) is 9.28. The normalized spacial score (nSPS) is 14.2. The molecule has 0 spiro atoms. The number of carbonyl (C=O) groups is 1. The van der Waals surface area contributed by atoms with Crippen LogP contribution >= 0.6 is 0 Å². The van der Waals surface area contributed by atoms with Crippen molar-refractivity contribution < 1.29 is 18.0 Å². The maximum absolute atomic E-state index is 13.2. The van der Waals surface area contributed by atoms with Gasteiger partial charge in [-0.05, 0) is 43.2 Å². The van der Waals surface area contributed by atoms with E-state index in [0.717, 1.165) is 29.4 Å². The largest absolute Gasteiger partial charge is 0.418 e. The number of hydrogen-bond donors (Lipinski definition) is 1. The molecular formula is C20H15F3N6O. The highest BCUT2D eigenvalue weighted by atomic mass is 19.4. The molecule has 0 aliphatic heterocycles. The molecule has 10 heteroatoms. The summed E-state index contributed by atoms with van der Waals surface area (Å²) in [5.41, 5.74) is 0.218. The number of halogens is 3. The van der Waals surface area contributed by atoms with Crippen LogP contribution in [0.3, 0.4) is 0 Å². The second kappa shape index (κ2) is 6.68. The number of nitrogens with zero attached hydrogens (tertiary/aromatic N) is 5. The van der Waals surface area contributed by atoms with Crippen molar-refractivity contribution >= 4 is 17.2 Å². The van der Waals surface area contributed by atoms with E-state index in [2.05, 4.69) is 20.6 Å². The predicted octanol–water partition coefficient (Wildman–Crippen LogP) is 4.06. The minimum Gasteiger partial charge on any atom is -0.319 e. The van der Waals surface area contributed by atoms with Gasteiger partial charge in [-0.15, -0.1) is 10.2 Å². The molecule has 1 saturated carbocycles. The zero-order valence-corrected chi connectivity index (χ0v) is 15.5. The lowest BCUT2D eigenvalue weighted by Crippen LogP contribution is -2.15. The highest BCUT2D eigenvalue weighted by Crippen LogP contribution is 2.39. The van der Waals surface area contributed by atoms with Gasteiger partial charge in [0.05, 0.1) is 16.9 Å². The van der Waals surface area contributed by atoms with Crippen LogP contribution in [0.5, 0.6) is 0 Å². The maximum atomic E-state index is 13.2. The summed E-state index contributed by atoms with van der Waals surface area (Å²) in [6.07, 6.45) is 0.658. The molecule has 3 aromatic heterocycles. The Hall–Kier alpha value is -3.69. The molecule has 4 aromatic rings. The molecule has 1 N–H and O–H groups in total. The highest BCUT2D eigenvalue weighted by molar-refractivity contribution is 6.02. The number of hydrogen-bond acceptors (Lipinski definition) is 4. The van der Waals surface area contributed by atoms with Gasteiger partial charge in [-0.1, -0.05) is 12.1 Å². The quantitative estimate of drug-likeness (QED) is 0.548. The molecule has 1 aliphatic carbocycles. The molecule has 30 heavy (non-hydrogen) atoms. The van der Waals surface area contributed by atoms with Crippen LogP contribution in [0.4, 0.5) is 18.9 Å². The molecule has 152 valence electrons. The van der Waals surface area contributed by atoms with Crippen LogP contribution in [-0.2, 0) is 6.18 Å². The number of para-hydroxylation sites is 1. The third kappa shape index (κ3) is 3.30. The Morgan fingerprint density at radius 2 is 1.87 bits per heavy atom. The van der Waals surface area contributed by atoms with Gasteiger partial charge in [0.2, 0.25) is 0 Å². The fraction of sp³-hybridized carbons (Fsp3) is 0.200. The monoisotopic (exact) mass is 412 g/mol.